The van der Waals surface area contributed by atoms with E-state index in [1.165, 1.54) is 24.1 Å². The van der Waals surface area contributed by atoms with Gasteiger partial charge >= 0.3 is 0 Å². The molecular formula is C14H18N2O. The van der Waals surface area contributed by atoms with Gasteiger partial charge in [-0.25, -0.2) is 0 Å². The molecule has 1 aromatic rings. The first-order chi connectivity index (χ1) is 8.40. The van der Waals surface area contributed by atoms with Crippen LogP contribution in [-0.4, -0.2) is 23.5 Å². The van der Waals surface area contributed by atoms with Crippen LogP contribution in [0, 0.1) is 0 Å². The third-order valence-electron chi connectivity index (χ3n) is 3.95. The Balaban J connectivity index is 1.95. The van der Waals surface area contributed by atoms with E-state index in [4.69, 9.17) is 5.21 Å². The van der Waals surface area contributed by atoms with Gasteiger partial charge in [-0.1, -0.05) is 23.4 Å². The van der Waals surface area contributed by atoms with Gasteiger partial charge in [0.25, 0.3) is 0 Å². The lowest BCUT2D eigenvalue weighted by molar-refractivity contribution is 0.316. The second-order valence-electron chi connectivity index (χ2n) is 4.93. The van der Waals surface area contributed by atoms with Gasteiger partial charge in [-0.15, -0.1) is 0 Å². The number of hydrogen-bond acceptors (Lipinski definition) is 3. The number of anilines is 1. The molecule has 0 saturated heterocycles. The lowest BCUT2D eigenvalue weighted by Gasteiger charge is -2.36. The van der Waals surface area contributed by atoms with Crippen molar-refractivity contribution in [1.82, 2.24) is 0 Å². The van der Waals surface area contributed by atoms with E-state index in [-0.39, 0.29) is 0 Å². The molecule has 0 bridgehead atoms. The number of hydrogen-bond donors (Lipinski definition) is 1. The van der Waals surface area contributed by atoms with Crippen LogP contribution in [0.2, 0.25) is 0 Å². The molecule has 1 aromatic carbocycles. The molecule has 1 saturated carbocycles. The maximum absolute atomic E-state index is 9.08. The molecule has 90 valence electrons. The van der Waals surface area contributed by atoms with Crippen LogP contribution in [0.25, 0.3) is 0 Å². The largest absolute Gasteiger partial charge is 0.411 e. The summed E-state index contributed by atoms with van der Waals surface area (Å²) in [5.41, 5.74) is 3.73. The summed E-state index contributed by atoms with van der Waals surface area (Å²) in [7, 11) is 0. The number of aryl methyl sites for hydroxylation is 1. The molecule has 17 heavy (non-hydrogen) atoms. The summed E-state index contributed by atoms with van der Waals surface area (Å²) in [6, 6.07) is 8.94. The Morgan fingerprint density at radius 2 is 2.06 bits per heavy atom. The number of para-hydroxylation sites is 1. The van der Waals surface area contributed by atoms with Crippen molar-refractivity contribution in [3.05, 3.63) is 29.8 Å². The molecule has 2 aliphatic rings. The van der Waals surface area contributed by atoms with Gasteiger partial charge in [-0.05, 0) is 43.7 Å². The van der Waals surface area contributed by atoms with Crippen molar-refractivity contribution in [3.63, 3.8) is 0 Å². The minimum atomic E-state index is 0.321. The van der Waals surface area contributed by atoms with Crippen LogP contribution in [-0.2, 0) is 6.42 Å². The molecule has 0 amide bonds. The molecule has 1 fully saturated rings. The van der Waals surface area contributed by atoms with Crippen molar-refractivity contribution in [2.24, 2.45) is 5.16 Å². The Morgan fingerprint density at radius 3 is 2.94 bits per heavy atom. The number of benzene rings is 1. The summed E-state index contributed by atoms with van der Waals surface area (Å²) in [5, 5.41) is 12.6. The van der Waals surface area contributed by atoms with Gasteiger partial charge in [0, 0.05) is 12.2 Å². The molecule has 1 aliphatic heterocycles. The maximum atomic E-state index is 9.08. The quantitative estimate of drug-likeness (QED) is 0.595. The first-order valence-corrected chi connectivity index (χ1v) is 6.45. The van der Waals surface area contributed by atoms with E-state index in [9.17, 15) is 0 Å². The Hall–Kier alpha value is -1.51. The molecule has 3 heteroatoms. The molecule has 0 radical (unpaired) electrons. The minimum absolute atomic E-state index is 0.321. The first kappa shape index (κ1) is 10.6. The summed E-state index contributed by atoms with van der Waals surface area (Å²) in [6.45, 7) is 1.08. The van der Waals surface area contributed by atoms with Crippen LogP contribution in [0.1, 0.15) is 31.2 Å². The topological polar surface area (TPSA) is 35.8 Å². The second-order valence-corrected chi connectivity index (χ2v) is 4.93. The van der Waals surface area contributed by atoms with Crippen molar-refractivity contribution in [2.45, 2.75) is 38.1 Å². The van der Waals surface area contributed by atoms with E-state index in [0.717, 1.165) is 31.5 Å². The normalized spacial score (nSPS) is 26.2. The van der Waals surface area contributed by atoms with Gasteiger partial charge in [-0.2, -0.15) is 0 Å². The molecule has 1 heterocycles. The van der Waals surface area contributed by atoms with Crippen molar-refractivity contribution >= 4 is 11.4 Å². The monoisotopic (exact) mass is 230 g/mol. The predicted octanol–water partition coefficient (Wildman–Crippen LogP) is 2.82. The van der Waals surface area contributed by atoms with Crippen LogP contribution >= 0.6 is 0 Å². The molecule has 0 unspecified atom stereocenters. The van der Waals surface area contributed by atoms with Gasteiger partial charge in [0.15, 0.2) is 0 Å². The molecule has 1 atom stereocenters. The Bertz CT molecular complexity index is 442. The highest BCUT2D eigenvalue weighted by Gasteiger charge is 2.31. The summed E-state index contributed by atoms with van der Waals surface area (Å²) >= 11 is 0. The van der Waals surface area contributed by atoms with Crippen molar-refractivity contribution in [1.29, 1.82) is 0 Å². The zero-order valence-corrected chi connectivity index (χ0v) is 9.97. The average molecular weight is 230 g/mol. The smallest absolute Gasteiger partial charge is 0.0794 e. The van der Waals surface area contributed by atoms with Crippen LogP contribution in [0.5, 0.6) is 0 Å². The Kier molecular flexibility index (Phi) is 2.75. The van der Waals surface area contributed by atoms with Crippen LogP contribution < -0.4 is 4.90 Å². The van der Waals surface area contributed by atoms with Crippen LogP contribution in [0.4, 0.5) is 5.69 Å². The number of fused-ring (bicyclic) bond motifs is 1. The highest BCUT2D eigenvalue weighted by molar-refractivity contribution is 5.93. The SMILES string of the molecule is O/N=C1\CCC[C@H]1N1CCCc2ccccc21. The summed E-state index contributed by atoms with van der Waals surface area (Å²) in [5.74, 6) is 0. The minimum Gasteiger partial charge on any atom is -0.411 e. The van der Waals surface area contributed by atoms with Gasteiger partial charge in [0.05, 0.1) is 11.8 Å². The average Bonchev–Trinajstić information content (AvgIpc) is 2.86. The van der Waals surface area contributed by atoms with E-state index in [0.29, 0.717) is 6.04 Å². The maximum Gasteiger partial charge on any atom is 0.0794 e. The van der Waals surface area contributed by atoms with Crippen molar-refractivity contribution < 1.29 is 5.21 Å². The van der Waals surface area contributed by atoms with Crippen LogP contribution in [0.15, 0.2) is 29.4 Å². The fraction of sp³-hybridized carbons (Fsp3) is 0.500. The second kappa shape index (κ2) is 4.40. The van der Waals surface area contributed by atoms with Gasteiger partial charge in [0.1, 0.15) is 0 Å². The molecule has 0 aromatic heterocycles. The zero-order valence-electron chi connectivity index (χ0n) is 9.97. The fourth-order valence-corrected chi connectivity index (χ4v) is 3.15. The molecule has 0 spiro atoms. The number of nitrogens with zero attached hydrogens (tertiary/aromatic N) is 2. The molecule has 3 rings (SSSR count). The Labute approximate surface area is 102 Å². The van der Waals surface area contributed by atoms with Crippen LogP contribution in [0.3, 0.4) is 0 Å². The fourth-order valence-electron chi connectivity index (χ4n) is 3.15. The van der Waals surface area contributed by atoms with E-state index in [2.05, 4.69) is 34.3 Å². The summed E-state index contributed by atoms with van der Waals surface area (Å²) in [6.07, 6.45) is 5.58. The van der Waals surface area contributed by atoms with E-state index in [1.54, 1.807) is 0 Å². The standard InChI is InChI=1S/C14H18N2O/c17-15-12-7-3-9-14(12)16-10-4-6-11-5-1-2-8-13(11)16/h1-2,5,8,14,17H,3-4,6-7,9-10H2/b15-12+/t14-/m1/s1. The Morgan fingerprint density at radius 1 is 1.18 bits per heavy atom. The summed E-state index contributed by atoms with van der Waals surface area (Å²) < 4.78 is 0. The lowest BCUT2D eigenvalue weighted by Crippen LogP contribution is -2.41. The van der Waals surface area contributed by atoms with Gasteiger partial charge in [0.2, 0.25) is 0 Å². The molecule has 3 nitrogen and oxygen atoms in total. The van der Waals surface area contributed by atoms with E-state index >= 15 is 0 Å². The molecule has 1 N–H and O–H groups in total. The highest BCUT2D eigenvalue weighted by Crippen LogP contribution is 2.32. The number of oxime groups is 1. The summed E-state index contributed by atoms with van der Waals surface area (Å²) in [4.78, 5) is 2.43. The van der Waals surface area contributed by atoms with E-state index in [1.807, 2.05) is 0 Å². The lowest BCUT2D eigenvalue weighted by atomic mass is 9.99. The zero-order chi connectivity index (χ0) is 11.7. The number of rotatable bonds is 1. The highest BCUT2D eigenvalue weighted by atomic mass is 16.4. The molecule has 1 aliphatic carbocycles. The van der Waals surface area contributed by atoms with Gasteiger partial charge < -0.3 is 10.1 Å². The molecular weight excluding hydrogens is 212 g/mol. The first-order valence-electron chi connectivity index (χ1n) is 6.45. The van der Waals surface area contributed by atoms with Crippen molar-refractivity contribution in [3.8, 4) is 0 Å². The van der Waals surface area contributed by atoms with Gasteiger partial charge in [-0.3, -0.25) is 0 Å². The predicted molar refractivity (Wildman–Crippen MR) is 69.0 cm³/mol. The van der Waals surface area contributed by atoms with Crippen molar-refractivity contribution in [2.75, 3.05) is 11.4 Å². The third kappa shape index (κ3) is 1.79. The third-order valence-corrected chi connectivity index (χ3v) is 3.95. The van der Waals surface area contributed by atoms with E-state index < -0.39 is 0 Å².